The number of hydrogen-bond acceptors (Lipinski definition) is 4. The van der Waals surface area contributed by atoms with Gasteiger partial charge in [-0.15, -0.1) is 0 Å². The molecule has 0 saturated carbocycles. The second kappa shape index (κ2) is 6.11. The molecule has 2 rings (SSSR count). The number of nitrogens with zero attached hydrogens (tertiary/aromatic N) is 1. The minimum absolute atomic E-state index is 0.0672. The van der Waals surface area contributed by atoms with Gasteiger partial charge in [0.25, 0.3) is 5.69 Å². The van der Waals surface area contributed by atoms with Gasteiger partial charge in [-0.2, -0.15) is 0 Å². The Kier molecular flexibility index (Phi) is 4.44. The minimum Gasteiger partial charge on any atom is -0.478 e. The van der Waals surface area contributed by atoms with Gasteiger partial charge in [0.2, 0.25) is 0 Å². The first-order valence-electron chi connectivity index (χ1n) is 5.62. The van der Waals surface area contributed by atoms with Crippen LogP contribution in [0.4, 0.5) is 17.1 Å². The van der Waals surface area contributed by atoms with Crippen LogP contribution in [0.1, 0.15) is 10.4 Å². The van der Waals surface area contributed by atoms with Crippen molar-refractivity contribution in [3.05, 3.63) is 61.6 Å². The van der Waals surface area contributed by atoms with Gasteiger partial charge in [0, 0.05) is 21.6 Å². The molecule has 0 radical (unpaired) electrons. The molecule has 0 aliphatic heterocycles. The largest absolute Gasteiger partial charge is 0.478 e. The number of anilines is 2. The molecule has 21 heavy (non-hydrogen) atoms. The standard InChI is InChI=1S/C13H8BrClN2O4/c14-10-5-7(15)1-4-11(10)16-12-6-8(17(20)21)2-3-9(12)13(18)19/h1-6,16H,(H,18,19). The Labute approximate surface area is 132 Å². The molecule has 0 atom stereocenters. The first-order chi connectivity index (χ1) is 9.88. The zero-order valence-electron chi connectivity index (χ0n) is 10.3. The molecule has 0 aromatic heterocycles. The molecular weight excluding hydrogens is 364 g/mol. The number of non-ortho nitro benzene ring substituents is 1. The number of halogens is 2. The van der Waals surface area contributed by atoms with E-state index < -0.39 is 10.9 Å². The third-order valence-corrected chi connectivity index (χ3v) is 3.54. The van der Waals surface area contributed by atoms with Gasteiger partial charge in [-0.1, -0.05) is 11.6 Å². The number of rotatable bonds is 4. The number of nitro groups is 1. The molecule has 6 nitrogen and oxygen atoms in total. The number of carboxylic acid groups (broad SMARTS) is 1. The second-order valence-corrected chi connectivity index (χ2v) is 5.33. The molecule has 8 heteroatoms. The minimum atomic E-state index is -1.18. The lowest BCUT2D eigenvalue weighted by molar-refractivity contribution is -0.384. The molecule has 2 aromatic carbocycles. The zero-order chi connectivity index (χ0) is 15.6. The van der Waals surface area contributed by atoms with E-state index in [1.807, 2.05) is 0 Å². The van der Waals surface area contributed by atoms with E-state index in [0.717, 1.165) is 6.07 Å². The van der Waals surface area contributed by atoms with Gasteiger partial charge in [0.15, 0.2) is 0 Å². The molecule has 0 spiro atoms. The Balaban J connectivity index is 2.48. The molecule has 0 saturated heterocycles. The molecule has 2 aromatic rings. The molecule has 2 N–H and O–H groups in total. The summed E-state index contributed by atoms with van der Waals surface area (Å²) >= 11 is 9.11. The fraction of sp³-hybridized carbons (Fsp3) is 0. The van der Waals surface area contributed by atoms with Gasteiger partial charge in [-0.25, -0.2) is 4.79 Å². The summed E-state index contributed by atoms with van der Waals surface area (Å²) in [7, 11) is 0. The maximum absolute atomic E-state index is 11.2. The van der Waals surface area contributed by atoms with Gasteiger partial charge in [-0.05, 0) is 40.2 Å². The number of carboxylic acids is 1. The summed E-state index contributed by atoms with van der Waals surface area (Å²) in [5.41, 5.74) is 0.400. The predicted molar refractivity (Wildman–Crippen MR) is 82.5 cm³/mol. The average molecular weight is 372 g/mol. The molecule has 108 valence electrons. The number of aromatic carboxylic acids is 1. The van der Waals surface area contributed by atoms with Crippen molar-refractivity contribution in [1.82, 2.24) is 0 Å². The number of hydrogen-bond donors (Lipinski definition) is 2. The van der Waals surface area contributed by atoms with E-state index in [-0.39, 0.29) is 16.9 Å². The van der Waals surface area contributed by atoms with Crippen LogP contribution in [-0.2, 0) is 0 Å². The highest BCUT2D eigenvalue weighted by atomic mass is 79.9. The third kappa shape index (κ3) is 3.50. The van der Waals surface area contributed by atoms with Crippen LogP contribution < -0.4 is 5.32 Å². The van der Waals surface area contributed by atoms with Crippen LogP contribution >= 0.6 is 27.5 Å². The number of carbonyl (C=O) groups is 1. The smallest absolute Gasteiger partial charge is 0.337 e. The van der Waals surface area contributed by atoms with E-state index in [0.29, 0.717) is 15.2 Å². The highest BCUT2D eigenvalue weighted by Gasteiger charge is 2.16. The molecule has 0 aliphatic carbocycles. The van der Waals surface area contributed by atoms with Crippen molar-refractivity contribution in [2.75, 3.05) is 5.32 Å². The summed E-state index contributed by atoms with van der Waals surface area (Å²) in [6.07, 6.45) is 0. The lowest BCUT2D eigenvalue weighted by Crippen LogP contribution is -2.04. The normalized spacial score (nSPS) is 10.2. The average Bonchev–Trinajstić information content (AvgIpc) is 2.41. The van der Waals surface area contributed by atoms with Crippen molar-refractivity contribution in [1.29, 1.82) is 0 Å². The maximum atomic E-state index is 11.2. The zero-order valence-corrected chi connectivity index (χ0v) is 12.7. The lowest BCUT2D eigenvalue weighted by atomic mass is 10.1. The van der Waals surface area contributed by atoms with Crippen LogP contribution in [0, 0.1) is 10.1 Å². The van der Waals surface area contributed by atoms with E-state index in [2.05, 4.69) is 21.2 Å². The molecule has 0 aliphatic rings. The van der Waals surface area contributed by atoms with Crippen LogP contribution in [0.5, 0.6) is 0 Å². The maximum Gasteiger partial charge on any atom is 0.337 e. The molecule has 0 fully saturated rings. The van der Waals surface area contributed by atoms with Gasteiger partial charge in [-0.3, -0.25) is 10.1 Å². The second-order valence-electron chi connectivity index (χ2n) is 4.04. The van der Waals surface area contributed by atoms with Crippen molar-refractivity contribution in [2.24, 2.45) is 0 Å². The summed E-state index contributed by atoms with van der Waals surface area (Å²) in [6, 6.07) is 8.38. The van der Waals surface area contributed by atoms with Crippen LogP contribution in [0.15, 0.2) is 40.9 Å². The fourth-order valence-corrected chi connectivity index (χ4v) is 2.45. The predicted octanol–water partition coefficient (Wildman–Crippen LogP) is 4.45. The first kappa shape index (κ1) is 15.3. The molecule has 0 bridgehead atoms. The lowest BCUT2D eigenvalue weighted by Gasteiger charge is -2.11. The van der Waals surface area contributed by atoms with Crippen LogP contribution in [-0.4, -0.2) is 16.0 Å². The molecule has 0 unspecified atom stereocenters. The summed E-state index contributed by atoms with van der Waals surface area (Å²) in [4.78, 5) is 21.4. The summed E-state index contributed by atoms with van der Waals surface area (Å²) in [6.45, 7) is 0. The van der Waals surface area contributed by atoms with Crippen molar-refractivity contribution in [2.45, 2.75) is 0 Å². The SMILES string of the molecule is O=C(O)c1ccc([N+](=O)[O-])cc1Nc1ccc(Cl)cc1Br. The Morgan fingerprint density at radius 2 is 1.95 bits per heavy atom. The van der Waals surface area contributed by atoms with Crippen LogP contribution in [0.3, 0.4) is 0 Å². The van der Waals surface area contributed by atoms with E-state index in [4.69, 9.17) is 16.7 Å². The van der Waals surface area contributed by atoms with Crippen LogP contribution in [0.2, 0.25) is 5.02 Å². The highest BCUT2D eigenvalue weighted by Crippen LogP contribution is 2.31. The van der Waals surface area contributed by atoms with Crippen molar-refractivity contribution in [3.8, 4) is 0 Å². The van der Waals surface area contributed by atoms with Gasteiger partial charge >= 0.3 is 5.97 Å². The topological polar surface area (TPSA) is 92.5 Å². The molecular formula is C13H8BrClN2O4. The number of nitro benzene ring substituents is 1. The van der Waals surface area contributed by atoms with Crippen molar-refractivity contribution in [3.63, 3.8) is 0 Å². The highest BCUT2D eigenvalue weighted by molar-refractivity contribution is 9.10. The number of nitrogens with one attached hydrogen (secondary N) is 1. The molecule has 0 amide bonds. The summed E-state index contributed by atoms with van der Waals surface area (Å²) in [5, 5.41) is 23.3. The van der Waals surface area contributed by atoms with Gasteiger partial charge in [0.1, 0.15) is 0 Å². The number of benzene rings is 2. The first-order valence-corrected chi connectivity index (χ1v) is 6.79. The van der Waals surface area contributed by atoms with Gasteiger partial charge in [0.05, 0.1) is 21.9 Å². The van der Waals surface area contributed by atoms with E-state index in [9.17, 15) is 14.9 Å². The summed E-state index contributed by atoms with van der Waals surface area (Å²) in [5.74, 6) is -1.18. The Hall–Kier alpha value is -2.12. The van der Waals surface area contributed by atoms with Crippen molar-refractivity contribution >= 4 is 50.6 Å². The van der Waals surface area contributed by atoms with Crippen LogP contribution in [0.25, 0.3) is 0 Å². The van der Waals surface area contributed by atoms with Crippen molar-refractivity contribution < 1.29 is 14.8 Å². The molecule has 0 heterocycles. The van der Waals surface area contributed by atoms with E-state index >= 15 is 0 Å². The van der Waals surface area contributed by atoms with E-state index in [1.165, 1.54) is 12.1 Å². The Bertz CT molecular complexity index is 736. The monoisotopic (exact) mass is 370 g/mol. The van der Waals surface area contributed by atoms with E-state index in [1.54, 1.807) is 18.2 Å². The third-order valence-electron chi connectivity index (χ3n) is 2.64. The Morgan fingerprint density at radius 3 is 2.52 bits per heavy atom. The Morgan fingerprint density at radius 1 is 1.24 bits per heavy atom. The fourth-order valence-electron chi connectivity index (χ4n) is 1.67. The quantitative estimate of drug-likeness (QED) is 0.612. The summed E-state index contributed by atoms with van der Waals surface area (Å²) < 4.78 is 0.609. The van der Waals surface area contributed by atoms with Gasteiger partial charge < -0.3 is 10.4 Å².